The van der Waals surface area contributed by atoms with Gasteiger partial charge in [0.15, 0.2) is 20.7 Å². The molecule has 1 aliphatic rings. The van der Waals surface area contributed by atoms with Crippen LogP contribution >= 0.6 is 0 Å². The Balaban J connectivity index is 1.02. The van der Waals surface area contributed by atoms with Gasteiger partial charge in [0.1, 0.15) is 17.2 Å². The van der Waals surface area contributed by atoms with Crippen LogP contribution in [0.15, 0.2) is 107 Å². The monoisotopic (exact) mass is 958 g/mol. The summed E-state index contributed by atoms with van der Waals surface area (Å²) >= 11 is 0. The van der Waals surface area contributed by atoms with Crippen LogP contribution in [0.5, 0.6) is 17.2 Å². The van der Waals surface area contributed by atoms with Crippen LogP contribution in [0.1, 0.15) is 76.3 Å². The van der Waals surface area contributed by atoms with Gasteiger partial charge in [-0.3, -0.25) is 19.4 Å². The normalized spacial score (nSPS) is 13.3. The lowest BCUT2D eigenvalue weighted by atomic mass is 10.0. The maximum Gasteiger partial charge on any atom is 0.262 e. The molecule has 0 unspecified atom stereocenters. The van der Waals surface area contributed by atoms with E-state index in [1.165, 1.54) is 43.6 Å². The molecule has 7 rings (SSSR count). The average molecular weight is 959 g/mol. The summed E-state index contributed by atoms with van der Waals surface area (Å²) in [5.74, 6) is -0.643. The molecule has 6 aromatic rings. The Morgan fingerprint density at radius 2 is 1.72 bits per heavy atom. The van der Waals surface area contributed by atoms with Gasteiger partial charge in [0.05, 0.1) is 39.8 Å². The third kappa shape index (κ3) is 10.7. The zero-order chi connectivity index (χ0) is 49.1. The fourth-order valence-electron chi connectivity index (χ4n) is 7.78. The highest BCUT2D eigenvalue weighted by Gasteiger charge is 2.40. The third-order valence-electron chi connectivity index (χ3n) is 12.6. The molecule has 0 saturated heterocycles. The quantitative estimate of drug-likeness (QED) is 0.0286. The van der Waals surface area contributed by atoms with E-state index in [4.69, 9.17) is 19.6 Å². The van der Waals surface area contributed by atoms with Crippen molar-refractivity contribution < 1.29 is 41.8 Å². The van der Waals surface area contributed by atoms with Crippen LogP contribution in [0.2, 0.25) is 18.1 Å². The Morgan fingerprint density at radius 1 is 0.956 bits per heavy atom. The van der Waals surface area contributed by atoms with Crippen LogP contribution in [-0.2, 0) is 25.5 Å². The average Bonchev–Trinajstić information content (AvgIpc) is 3.29. The van der Waals surface area contributed by atoms with Gasteiger partial charge in [0, 0.05) is 46.7 Å². The number of nitrogens with two attached hydrogens (primary N) is 1. The van der Waals surface area contributed by atoms with Gasteiger partial charge in [-0.25, -0.2) is 8.42 Å². The van der Waals surface area contributed by atoms with E-state index in [0.717, 1.165) is 29.5 Å². The van der Waals surface area contributed by atoms with Crippen molar-refractivity contribution in [1.82, 2.24) is 10.3 Å². The molecular weight excluding hydrogens is 901 g/mol. The third-order valence-corrected chi connectivity index (χ3v) is 18.8. The van der Waals surface area contributed by atoms with E-state index in [2.05, 4.69) is 60.1 Å². The summed E-state index contributed by atoms with van der Waals surface area (Å²) in [4.78, 5) is 42.6. The summed E-state index contributed by atoms with van der Waals surface area (Å²) in [5, 5.41) is 23.2. The molecule has 15 nitrogen and oxygen atoms in total. The number of nitrogens with one attached hydrogen (secondary N) is 4. The summed E-state index contributed by atoms with van der Waals surface area (Å²) in [6.45, 7) is 15.6. The maximum atomic E-state index is 14.3. The molecule has 0 radical (unpaired) electrons. The Hall–Kier alpha value is -6.79. The van der Waals surface area contributed by atoms with Gasteiger partial charge >= 0.3 is 0 Å². The molecule has 7 N–H and O–H groups in total. The van der Waals surface area contributed by atoms with Crippen LogP contribution in [0.25, 0.3) is 10.9 Å². The number of aryl methyl sites for hydroxylation is 3. The summed E-state index contributed by atoms with van der Waals surface area (Å²) in [6.07, 6.45) is 2.53. The number of carbonyl (C=O) groups excluding carboxylic acids is 3. The fourth-order valence-corrected chi connectivity index (χ4v) is 10.5. The van der Waals surface area contributed by atoms with E-state index >= 15 is 0 Å². The van der Waals surface area contributed by atoms with Crippen molar-refractivity contribution in [2.45, 2.75) is 81.5 Å². The molecule has 1 atom stereocenters. The molecule has 0 bridgehead atoms. The first kappa shape index (κ1) is 49.1. The number of phenols is 1. The van der Waals surface area contributed by atoms with E-state index in [1.54, 1.807) is 49.4 Å². The molecule has 0 fully saturated rings. The number of benzene rings is 5. The number of pyridine rings is 1. The minimum atomic E-state index is -4.19. The number of fused-ring (bicyclic) bond motifs is 2. The second kappa shape index (κ2) is 19.8. The number of methoxy groups -OCH3 is 1. The number of aromatic hydroxyl groups is 1. The molecule has 2 heterocycles. The number of carbonyl (C=O) groups is 3. The molecule has 0 aliphatic carbocycles. The Bertz CT molecular complexity index is 3040. The van der Waals surface area contributed by atoms with Gasteiger partial charge in [-0.2, -0.15) is 0 Å². The SMILES string of the molecule is COc1cccc(Nc2c(C(N)=O)cnc3c(C)cc(S(=O)(=O)c4cccc(C(=O)Nc5ccc(CCCNC[C@H](O[Si](C)(C)C(C)(C)C)c6ccc(O)c7c6OCC(=O)N7)c(C)c5)c4)cc23)c1. The van der Waals surface area contributed by atoms with Crippen molar-refractivity contribution in [2.75, 3.05) is 42.8 Å². The first-order valence-corrected chi connectivity index (χ1v) is 26.6. The molecule has 17 heteroatoms. The predicted octanol–water partition coefficient (Wildman–Crippen LogP) is 9.11. The number of hydrogen-bond donors (Lipinski definition) is 6. The zero-order valence-corrected chi connectivity index (χ0v) is 41.3. The van der Waals surface area contributed by atoms with Crippen LogP contribution < -0.4 is 36.5 Å². The lowest BCUT2D eigenvalue weighted by Gasteiger charge is -2.40. The van der Waals surface area contributed by atoms with E-state index in [1.807, 2.05) is 25.1 Å². The second-order valence-electron chi connectivity index (χ2n) is 18.4. The topological polar surface area (TPSA) is 220 Å². The van der Waals surface area contributed by atoms with Crippen molar-refractivity contribution in [1.29, 1.82) is 0 Å². The summed E-state index contributed by atoms with van der Waals surface area (Å²) in [6, 6.07) is 24.9. The van der Waals surface area contributed by atoms with Gasteiger partial charge < -0.3 is 46.0 Å². The Morgan fingerprint density at radius 3 is 2.44 bits per heavy atom. The summed E-state index contributed by atoms with van der Waals surface area (Å²) in [5.41, 5.74) is 11.5. The Labute approximate surface area is 397 Å². The smallest absolute Gasteiger partial charge is 0.262 e. The summed E-state index contributed by atoms with van der Waals surface area (Å²) in [7, 11) is -4.92. The number of phenolic OH excluding ortho intramolecular Hbond substituents is 1. The molecule has 1 aliphatic heterocycles. The standard InChI is InChI=1S/C51H58N6O9SSi/c1-30-22-35(18-17-32(30)13-11-21-53-28-43(66-68(7,8)51(3,4)5)39-19-20-42(58)47-48(39)65-29-44(59)57-47)56-50(61)33-12-9-16-37(24-33)67(62,63)38-23-31(2)45-40(26-38)46(41(27-54-45)49(52)60)55-34-14-10-15-36(25-34)64-6/h9-10,12,14-20,22-27,43,53,58H,11,13,21,28-29H2,1-8H3,(H2,52,60)(H,54,55)(H,56,61)(H,57,59)/t43-/m0/s1. The van der Waals surface area contributed by atoms with Crippen molar-refractivity contribution in [3.8, 4) is 17.2 Å². The van der Waals surface area contributed by atoms with Crippen LogP contribution in [0.3, 0.4) is 0 Å². The fraction of sp³-hybridized carbons (Fsp3) is 0.294. The number of aromatic nitrogens is 1. The number of primary amides is 1. The number of rotatable bonds is 17. The van der Waals surface area contributed by atoms with Crippen LogP contribution in [0.4, 0.5) is 22.7 Å². The highest BCUT2D eigenvalue weighted by molar-refractivity contribution is 7.91. The molecule has 68 heavy (non-hydrogen) atoms. The number of ether oxygens (including phenoxy) is 2. The van der Waals surface area contributed by atoms with Gasteiger partial charge in [-0.15, -0.1) is 0 Å². The highest BCUT2D eigenvalue weighted by Crippen LogP contribution is 2.46. The van der Waals surface area contributed by atoms with Crippen molar-refractivity contribution >= 4 is 69.5 Å². The van der Waals surface area contributed by atoms with Crippen molar-refractivity contribution in [2.24, 2.45) is 5.73 Å². The maximum absolute atomic E-state index is 14.3. The van der Waals surface area contributed by atoms with Crippen molar-refractivity contribution in [3.05, 3.63) is 131 Å². The van der Waals surface area contributed by atoms with E-state index in [9.17, 15) is 27.9 Å². The number of anilines is 4. The zero-order valence-electron chi connectivity index (χ0n) is 39.5. The molecule has 3 amide bonds. The van der Waals surface area contributed by atoms with Crippen LogP contribution in [-0.4, -0.2) is 71.4 Å². The number of amides is 3. The largest absolute Gasteiger partial charge is 0.506 e. The summed E-state index contributed by atoms with van der Waals surface area (Å²) < 4.78 is 46.7. The van der Waals surface area contributed by atoms with E-state index in [0.29, 0.717) is 52.4 Å². The molecule has 0 saturated carbocycles. The Kier molecular flexibility index (Phi) is 14.3. The van der Waals surface area contributed by atoms with Gasteiger partial charge in [0.2, 0.25) is 9.84 Å². The number of sulfone groups is 1. The number of hydrogen-bond acceptors (Lipinski definition) is 12. The first-order chi connectivity index (χ1) is 32.2. The molecular formula is C51H58N6O9SSi. The minimum absolute atomic E-state index is 0.0559. The highest BCUT2D eigenvalue weighted by atomic mass is 32.2. The van der Waals surface area contributed by atoms with E-state index < -0.39 is 36.1 Å². The van der Waals surface area contributed by atoms with E-state index in [-0.39, 0.29) is 55.6 Å². The van der Waals surface area contributed by atoms with Gasteiger partial charge in [-0.1, -0.05) is 39.0 Å². The molecule has 0 spiro atoms. The molecule has 1 aromatic heterocycles. The van der Waals surface area contributed by atoms with Gasteiger partial charge in [-0.05, 0) is 135 Å². The predicted molar refractivity (Wildman–Crippen MR) is 267 cm³/mol. The molecule has 356 valence electrons. The molecule has 5 aromatic carbocycles. The minimum Gasteiger partial charge on any atom is -0.506 e. The van der Waals surface area contributed by atoms with Crippen molar-refractivity contribution in [3.63, 3.8) is 0 Å². The first-order valence-electron chi connectivity index (χ1n) is 22.2. The lowest BCUT2D eigenvalue weighted by Crippen LogP contribution is -2.43. The van der Waals surface area contributed by atoms with Crippen LogP contribution in [0, 0.1) is 13.8 Å². The second-order valence-corrected chi connectivity index (χ2v) is 25.1. The van der Waals surface area contributed by atoms with Gasteiger partial charge in [0.25, 0.3) is 17.7 Å². The lowest BCUT2D eigenvalue weighted by molar-refractivity contribution is -0.118. The number of nitrogens with zero attached hydrogens (tertiary/aromatic N) is 1.